The highest BCUT2D eigenvalue weighted by Crippen LogP contribution is 2.29. The van der Waals surface area contributed by atoms with Gasteiger partial charge in [0.15, 0.2) is 0 Å². The van der Waals surface area contributed by atoms with E-state index in [0.717, 1.165) is 6.42 Å². The lowest BCUT2D eigenvalue weighted by Gasteiger charge is -2.35. The fourth-order valence-corrected chi connectivity index (χ4v) is 3.91. The number of aromatic nitrogens is 4. The molecule has 1 aliphatic heterocycles. The maximum absolute atomic E-state index is 12.0. The predicted octanol–water partition coefficient (Wildman–Crippen LogP) is 1.06. The summed E-state index contributed by atoms with van der Waals surface area (Å²) in [5.74, 6) is 1.29. The van der Waals surface area contributed by atoms with E-state index in [1.807, 2.05) is 6.92 Å². The highest BCUT2D eigenvalue weighted by molar-refractivity contribution is 7.89. The fraction of sp³-hybridized carbons (Fsp3) is 0.538. The molecule has 0 N–H and O–H groups in total. The van der Waals surface area contributed by atoms with Gasteiger partial charge in [-0.15, -0.1) is 0 Å². The average Bonchev–Trinajstić information content (AvgIpc) is 2.94. The molecule has 22 heavy (non-hydrogen) atoms. The number of hydrogen-bond acceptors (Lipinski definition) is 7. The third kappa shape index (κ3) is 3.00. The first-order chi connectivity index (χ1) is 10.6. The molecule has 3 heterocycles. The highest BCUT2D eigenvalue weighted by Gasteiger charge is 2.39. The molecule has 2 aromatic heterocycles. The molecule has 9 heteroatoms. The molecule has 0 radical (unpaired) electrons. The van der Waals surface area contributed by atoms with Gasteiger partial charge in [-0.1, -0.05) is 18.5 Å². The van der Waals surface area contributed by atoms with Crippen LogP contribution in [0.25, 0.3) is 11.6 Å². The average molecular weight is 323 g/mol. The van der Waals surface area contributed by atoms with Crippen molar-refractivity contribution < 1.29 is 12.9 Å². The molecule has 118 valence electrons. The van der Waals surface area contributed by atoms with Crippen molar-refractivity contribution in [3.05, 3.63) is 24.4 Å². The molecule has 3 rings (SSSR count). The van der Waals surface area contributed by atoms with Gasteiger partial charge in [0.1, 0.15) is 0 Å². The van der Waals surface area contributed by atoms with Gasteiger partial charge in [-0.2, -0.15) is 4.98 Å². The van der Waals surface area contributed by atoms with Crippen molar-refractivity contribution in [2.24, 2.45) is 0 Å². The van der Waals surface area contributed by atoms with Gasteiger partial charge in [0.25, 0.3) is 0 Å². The second-order valence-corrected chi connectivity index (χ2v) is 7.30. The van der Waals surface area contributed by atoms with E-state index < -0.39 is 10.0 Å². The van der Waals surface area contributed by atoms with Gasteiger partial charge < -0.3 is 4.52 Å². The Morgan fingerprint density at radius 2 is 2.00 bits per heavy atom. The van der Waals surface area contributed by atoms with E-state index in [9.17, 15) is 8.42 Å². The van der Waals surface area contributed by atoms with E-state index in [1.54, 1.807) is 18.5 Å². The Morgan fingerprint density at radius 3 is 2.68 bits per heavy atom. The fourth-order valence-electron chi connectivity index (χ4n) is 2.18. The van der Waals surface area contributed by atoms with Gasteiger partial charge in [0.05, 0.1) is 11.7 Å². The van der Waals surface area contributed by atoms with Crippen LogP contribution in [-0.4, -0.2) is 51.7 Å². The van der Waals surface area contributed by atoms with Crippen molar-refractivity contribution in [3.8, 4) is 11.6 Å². The lowest BCUT2D eigenvalue weighted by molar-refractivity contribution is 0.216. The third-order valence-corrected chi connectivity index (χ3v) is 5.44. The molecule has 0 spiro atoms. The van der Waals surface area contributed by atoms with Crippen LogP contribution in [0.2, 0.25) is 0 Å². The van der Waals surface area contributed by atoms with Crippen LogP contribution in [0.4, 0.5) is 0 Å². The maximum atomic E-state index is 12.0. The summed E-state index contributed by atoms with van der Waals surface area (Å²) in [5, 5.41) is 3.85. The molecule has 0 unspecified atom stereocenters. The molecule has 1 aliphatic rings. The maximum Gasteiger partial charge on any atom is 0.240 e. The standard InChI is InChI=1S/C13H17N5O3S/c1-2-3-7-22(19,20)18-8-10(9-18)13-16-12(17-21-13)11-14-5-4-6-15-11/h4-6,10H,2-3,7-9H2,1H3. The highest BCUT2D eigenvalue weighted by atomic mass is 32.2. The summed E-state index contributed by atoms with van der Waals surface area (Å²) in [6, 6.07) is 1.70. The van der Waals surface area contributed by atoms with Crippen molar-refractivity contribution in [1.82, 2.24) is 24.4 Å². The van der Waals surface area contributed by atoms with Gasteiger partial charge in [-0.3, -0.25) is 0 Å². The first kappa shape index (κ1) is 15.0. The van der Waals surface area contributed by atoms with Crippen molar-refractivity contribution in [2.45, 2.75) is 25.7 Å². The number of sulfonamides is 1. The Balaban J connectivity index is 1.63. The normalized spacial score (nSPS) is 16.6. The van der Waals surface area contributed by atoms with Gasteiger partial charge in [-0.05, 0) is 12.5 Å². The molecule has 8 nitrogen and oxygen atoms in total. The summed E-state index contributed by atoms with van der Waals surface area (Å²) in [7, 11) is -3.15. The summed E-state index contributed by atoms with van der Waals surface area (Å²) < 4.78 is 30.7. The van der Waals surface area contributed by atoms with Crippen LogP contribution in [-0.2, 0) is 10.0 Å². The summed E-state index contributed by atoms with van der Waals surface area (Å²) >= 11 is 0. The Hall–Kier alpha value is -1.87. The Labute approximate surface area is 128 Å². The number of nitrogens with zero attached hydrogens (tertiary/aromatic N) is 5. The Morgan fingerprint density at radius 1 is 1.27 bits per heavy atom. The van der Waals surface area contributed by atoms with Crippen LogP contribution in [0.5, 0.6) is 0 Å². The van der Waals surface area contributed by atoms with Crippen LogP contribution < -0.4 is 0 Å². The third-order valence-electron chi connectivity index (χ3n) is 3.55. The molecule has 0 bridgehead atoms. The molecule has 0 aliphatic carbocycles. The van der Waals surface area contributed by atoms with E-state index in [4.69, 9.17) is 4.52 Å². The summed E-state index contributed by atoms with van der Waals surface area (Å²) in [6.07, 6.45) is 4.74. The smallest absolute Gasteiger partial charge is 0.240 e. The van der Waals surface area contributed by atoms with Crippen molar-refractivity contribution in [1.29, 1.82) is 0 Å². The van der Waals surface area contributed by atoms with E-state index >= 15 is 0 Å². The van der Waals surface area contributed by atoms with Crippen molar-refractivity contribution in [3.63, 3.8) is 0 Å². The first-order valence-electron chi connectivity index (χ1n) is 7.19. The topological polar surface area (TPSA) is 102 Å². The molecule has 1 fully saturated rings. The van der Waals surface area contributed by atoms with Crippen LogP contribution >= 0.6 is 0 Å². The van der Waals surface area contributed by atoms with Gasteiger partial charge in [-0.25, -0.2) is 22.7 Å². The van der Waals surface area contributed by atoms with Gasteiger partial charge in [0.2, 0.25) is 27.6 Å². The summed E-state index contributed by atoms with van der Waals surface area (Å²) in [6.45, 7) is 2.76. The Bertz CT molecular complexity index is 725. The summed E-state index contributed by atoms with van der Waals surface area (Å²) in [4.78, 5) is 12.4. The quantitative estimate of drug-likeness (QED) is 0.783. The molecule has 1 saturated heterocycles. The van der Waals surface area contributed by atoms with Crippen LogP contribution in [0.3, 0.4) is 0 Å². The zero-order valence-electron chi connectivity index (χ0n) is 12.2. The lowest BCUT2D eigenvalue weighted by atomic mass is 10.0. The number of rotatable bonds is 6. The molecule has 0 saturated carbocycles. The van der Waals surface area contributed by atoms with E-state index in [2.05, 4.69) is 20.1 Å². The Kier molecular flexibility index (Phi) is 4.16. The molecule has 0 aromatic carbocycles. The van der Waals surface area contributed by atoms with Crippen LogP contribution in [0, 0.1) is 0 Å². The van der Waals surface area contributed by atoms with Crippen LogP contribution in [0.15, 0.2) is 23.0 Å². The largest absolute Gasteiger partial charge is 0.338 e. The second-order valence-electron chi connectivity index (χ2n) is 5.21. The minimum Gasteiger partial charge on any atom is -0.338 e. The van der Waals surface area contributed by atoms with Crippen molar-refractivity contribution >= 4 is 10.0 Å². The minimum absolute atomic E-state index is 0.0543. The number of hydrogen-bond donors (Lipinski definition) is 0. The molecule has 0 atom stereocenters. The predicted molar refractivity (Wildman–Crippen MR) is 78.3 cm³/mol. The molecular weight excluding hydrogens is 306 g/mol. The monoisotopic (exact) mass is 323 g/mol. The molecule has 0 amide bonds. The second kappa shape index (κ2) is 6.09. The minimum atomic E-state index is -3.15. The molecular formula is C13H17N5O3S. The SMILES string of the molecule is CCCCS(=O)(=O)N1CC(c2nc(-c3ncccn3)no2)C1. The first-order valence-corrected chi connectivity index (χ1v) is 8.80. The van der Waals surface area contributed by atoms with E-state index in [-0.39, 0.29) is 11.7 Å². The van der Waals surface area contributed by atoms with Gasteiger partial charge in [0, 0.05) is 25.5 Å². The lowest BCUT2D eigenvalue weighted by Crippen LogP contribution is -2.49. The van der Waals surface area contributed by atoms with Crippen molar-refractivity contribution in [2.75, 3.05) is 18.8 Å². The van der Waals surface area contributed by atoms with E-state index in [0.29, 0.717) is 37.0 Å². The van der Waals surface area contributed by atoms with E-state index in [1.165, 1.54) is 4.31 Å². The zero-order valence-corrected chi connectivity index (χ0v) is 13.0. The summed E-state index contributed by atoms with van der Waals surface area (Å²) in [5.41, 5.74) is 0. The van der Waals surface area contributed by atoms with Crippen LogP contribution in [0.1, 0.15) is 31.6 Å². The van der Waals surface area contributed by atoms with Gasteiger partial charge >= 0.3 is 0 Å². The zero-order chi connectivity index (χ0) is 15.6. The molecule has 2 aromatic rings. The number of unbranched alkanes of at least 4 members (excludes halogenated alkanes) is 1.